The molecule has 168 valence electrons. The van der Waals surface area contributed by atoms with E-state index in [4.69, 9.17) is 9.47 Å². The van der Waals surface area contributed by atoms with Gasteiger partial charge in [-0.1, -0.05) is 0 Å². The number of fused-ring (bicyclic) bond motifs is 1. The van der Waals surface area contributed by atoms with Crippen LogP contribution in [-0.2, 0) is 9.47 Å². The van der Waals surface area contributed by atoms with Gasteiger partial charge in [0.25, 0.3) is 0 Å². The van der Waals surface area contributed by atoms with E-state index in [1.165, 1.54) is 11.3 Å². The van der Waals surface area contributed by atoms with Gasteiger partial charge in [-0.05, 0) is 24.6 Å². The van der Waals surface area contributed by atoms with Crippen molar-refractivity contribution in [2.24, 2.45) is 0 Å². The van der Waals surface area contributed by atoms with E-state index in [9.17, 15) is 0 Å². The molecule has 0 bridgehead atoms. The van der Waals surface area contributed by atoms with Crippen LogP contribution in [0.25, 0.3) is 16.7 Å². The Morgan fingerprint density at radius 1 is 0.844 bits per heavy atom. The summed E-state index contributed by atoms with van der Waals surface area (Å²) in [6, 6.07) is 7.15. The zero-order valence-corrected chi connectivity index (χ0v) is 18.5. The van der Waals surface area contributed by atoms with Gasteiger partial charge in [-0.2, -0.15) is 5.10 Å². The Morgan fingerprint density at radius 2 is 1.62 bits per heavy atom. The third-order valence-corrected chi connectivity index (χ3v) is 6.87. The maximum Gasteiger partial charge on any atom is 0.159 e. The van der Waals surface area contributed by atoms with E-state index >= 15 is 0 Å². The van der Waals surface area contributed by atoms with Crippen LogP contribution in [-0.4, -0.2) is 96.4 Å². The lowest BCUT2D eigenvalue weighted by Gasteiger charge is -2.43. The SMILES string of the molecule is Cc1cc2cnn(-c3cc(N4CCOCC4)ncn3)c2cc1N1CCN(C2COC2)CC1. The molecular formula is C23H29N7O2. The molecule has 0 radical (unpaired) electrons. The Hall–Kier alpha value is -2.75. The Labute approximate surface area is 187 Å². The molecule has 5 heterocycles. The van der Waals surface area contributed by atoms with Gasteiger partial charge in [-0.25, -0.2) is 14.6 Å². The fraction of sp³-hybridized carbons (Fsp3) is 0.522. The highest BCUT2D eigenvalue weighted by Gasteiger charge is 2.29. The van der Waals surface area contributed by atoms with Gasteiger partial charge in [-0.3, -0.25) is 4.90 Å². The first-order chi connectivity index (χ1) is 15.8. The summed E-state index contributed by atoms with van der Waals surface area (Å²) in [7, 11) is 0. The molecule has 3 aliphatic heterocycles. The lowest BCUT2D eigenvalue weighted by molar-refractivity contribution is -0.0660. The molecular weight excluding hydrogens is 406 g/mol. The lowest BCUT2D eigenvalue weighted by Crippen LogP contribution is -2.56. The molecule has 0 aliphatic carbocycles. The van der Waals surface area contributed by atoms with Gasteiger partial charge in [0.05, 0.1) is 44.2 Å². The van der Waals surface area contributed by atoms with Crippen LogP contribution in [0.5, 0.6) is 0 Å². The van der Waals surface area contributed by atoms with Gasteiger partial charge in [0.15, 0.2) is 5.82 Å². The predicted octanol–water partition coefficient (Wildman–Crippen LogP) is 1.48. The van der Waals surface area contributed by atoms with Crippen LogP contribution in [0, 0.1) is 6.92 Å². The number of aromatic nitrogens is 4. The number of nitrogens with zero attached hydrogens (tertiary/aromatic N) is 7. The smallest absolute Gasteiger partial charge is 0.159 e. The summed E-state index contributed by atoms with van der Waals surface area (Å²) in [6.07, 6.45) is 3.56. The molecule has 6 rings (SSSR count). The van der Waals surface area contributed by atoms with Gasteiger partial charge in [-0.15, -0.1) is 0 Å². The number of aryl methyl sites for hydroxylation is 1. The van der Waals surface area contributed by atoms with Gasteiger partial charge < -0.3 is 19.3 Å². The second-order valence-corrected chi connectivity index (χ2v) is 8.80. The van der Waals surface area contributed by atoms with E-state index in [-0.39, 0.29) is 0 Å². The van der Waals surface area contributed by atoms with E-state index in [1.54, 1.807) is 6.33 Å². The fourth-order valence-electron chi connectivity index (χ4n) is 4.88. The van der Waals surface area contributed by atoms with Crippen molar-refractivity contribution in [3.8, 4) is 5.82 Å². The maximum absolute atomic E-state index is 5.48. The summed E-state index contributed by atoms with van der Waals surface area (Å²) in [6.45, 7) is 11.3. The number of morpholine rings is 1. The molecule has 1 aromatic carbocycles. The van der Waals surface area contributed by atoms with Crippen LogP contribution < -0.4 is 9.80 Å². The minimum absolute atomic E-state index is 0.612. The van der Waals surface area contributed by atoms with Crippen LogP contribution in [0.2, 0.25) is 0 Å². The highest BCUT2D eigenvalue weighted by Crippen LogP contribution is 2.29. The normalized spacial score (nSPS) is 20.7. The molecule has 0 unspecified atom stereocenters. The van der Waals surface area contributed by atoms with Gasteiger partial charge in [0.2, 0.25) is 0 Å². The first-order valence-electron chi connectivity index (χ1n) is 11.5. The molecule has 9 nitrogen and oxygen atoms in total. The van der Waals surface area contributed by atoms with Crippen molar-refractivity contribution in [2.45, 2.75) is 13.0 Å². The molecule has 0 amide bonds. The third kappa shape index (κ3) is 3.60. The Morgan fingerprint density at radius 3 is 2.38 bits per heavy atom. The second-order valence-electron chi connectivity index (χ2n) is 8.80. The van der Waals surface area contributed by atoms with Crippen molar-refractivity contribution >= 4 is 22.4 Å². The molecule has 0 saturated carbocycles. The number of anilines is 2. The molecule has 3 saturated heterocycles. The fourth-order valence-corrected chi connectivity index (χ4v) is 4.88. The van der Waals surface area contributed by atoms with Gasteiger partial charge >= 0.3 is 0 Å². The van der Waals surface area contributed by atoms with Crippen LogP contribution in [0.15, 0.2) is 30.7 Å². The number of hydrogen-bond acceptors (Lipinski definition) is 8. The van der Waals surface area contributed by atoms with E-state index in [0.29, 0.717) is 6.04 Å². The van der Waals surface area contributed by atoms with Gasteiger partial charge in [0.1, 0.15) is 12.1 Å². The quantitative estimate of drug-likeness (QED) is 0.610. The van der Waals surface area contributed by atoms with Crippen molar-refractivity contribution in [3.05, 3.63) is 36.3 Å². The molecule has 9 heteroatoms. The predicted molar refractivity (Wildman–Crippen MR) is 123 cm³/mol. The van der Waals surface area contributed by atoms with Crippen molar-refractivity contribution in [2.75, 3.05) is 75.5 Å². The van der Waals surface area contributed by atoms with E-state index < -0.39 is 0 Å². The molecule has 0 N–H and O–H groups in total. The van der Waals surface area contributed by atoms with Crippen LogP contribution in [0.1, 0.15) is 5.56 Å². The van der Waals surface area contributed by atoms with E-state index in [2.05, 4.69) is 48.8 Å². The summed E-state index contributed by atoms with van der Waals surface area (Å²) in [5, 5.41) is 5.80. The standard InChI is InChI=1S/C23H29N7O2/c1-17-10-18-13-26-30(23-12-22(24-16-25-23)29-6-8-31-9-7-29)21(18)11-20(17)28-4-2-27(3-5-28)19-14-32-15-19/h10-13,16,19H,2-9,14-15H2,1H3. The second kappa shape index (κ2) is 8.31. The summed E-state index contributed by atoms with van der Waals surface area (Å²) in [4.78, 5) is 16.3. The van der Waals surface area contributed by atoms with Crippen molar-refractivity contribution < 1.29 is 9.47 Å². The summed E-state index contributed by atoms with van der Waals surface area (Å²) < 4.78 is 12.8. The molecule has 0 atom stereocenters. The molecule has 32 heavy (non-hydrogen) atoms. The van der Waals surface area contributed by atoms with E-state index in [0.717, 1.165) is 88.2 Å². The molecule has 3 aromatic rings. The Kier molecular flexibility index (Phi) is 5.17. The Balaban J connectivity index is 1.29. The first-order valence-corrected chi connectivity index (χ1v) is 11.5. The molecule has 3 fully saturated rings. The number of benzene rings is 1. The van der Waals surface area contributed by atoms with Crippen molar-refractivity contribution in [1.29, 1.82) is 0 Å². The summed E-state index contributed by atoms with van der Waals surface area (Å²) in [5.74, 6) is 1.71. The van der Waals surface area contributed by atoms with Crippen LogP contribution in [0.4, 0.5) is 11.5 Å². The molecule has 0 spiro atoms. The zero-order chi connectivity index (χ0) is 21.5. The van der Waals surface area contributed by atoms with E-state index in [1.807, 2.05) is 16.9 Å². The zero-order valence-electron chi connectivity index (χ0n) is 18.5. The highest BCUT2D eigenvalue weighted by atomic mass is 16.5. The van der Waals surface area contributed by atoms with Crippen molar-refractivity contribution in [1.82, 2.24) is 24.6 Å². The molecule has 2 aromatic heterocycles. The topological polar surface area (TPSA) is 71.8 Å². The maximum atomic E-state index is 5.48. The highest BCUT2D eigenvalue weighted by molar-refractivity contribution is 5.85. The summed E-state index contributed by atoms with van der Waals surface area (Å²) >= 11 is 0. The van der Waals surface area contributed by atoms with Crippen LogP contribution >= 0.6 is 0 Å². The Bertz CT molecular complexity index is 1100. The van der Waals surface area contributed by atoms with Crippen molar-refractivity contribution in [3.63, 3.8) is 0 Å². The minimum atomic E-state index is 0.612. The number of piperazine rings is 1. The van der Waals surface area contributed by atoms with Crippen LogP contribution in [0.3, 0.4) is 0 Å². The van der Waals surface area contributed by atoms with Gasteiger partial charge in [0, 0.05) is 56.4 Å². The summed E-state index contributed by atoms with van der Waals surface area (Å²) in [5.41, 5.74) is 3.65. The number of rotatable bonds is 4. The molecule has 3 aliphatic rings. The average molecular weight is 436 g/mol. The first kappa shape index (κ1) is 19.9. The lowest BCUT2D eigenvalue weighted by atomic mass is 10.1. The number of ether oxygens (including phenoxy) is 2. The number of hydrogen-bond donors (Lipinski definition) is 0. The third-order valence-electron chi connectivity index (χ3n) is 6.87. The minimum Gasteiger partial charge on any atom is -0.378 e. The largest absolute Gasteiger partial charge is 0.378 e. The average Bonchev–Trinajstić information content (AvgIpc) is 3.21. The monoisotopic (exact) mass is 435 g/mol.